The highest BCUT2D eigenvalue weighted by atomic mass is 16.5. The maximum Gasteiger partial charge on any atom is 0.162 e. The van der Waals surface area contributed by atoms with Crippen LogP contribution in [0.15, 0.2) is 36.8 Å². The van der Waals surface area contributed by atoms with Crippen molar-refractivity contribution in [3.05, 3.63) is 48.2 Å². The molecule has 0 saturated heterocycles. The summed E-state index contributed by atoms with van der Waals surface area (Å²) in [4.78, 5) is 8.88. The molecule has 0 spiro atoms. The predicted molar refractivity (Wildman–Crippen MR) is 84.3 cm³/mol. The van der Waals surface area contributed by atoms with Gasteiger partial charge in [-0.3, -0.25) is 4.57 Å². The molecule has 0 aliphatic carbocycles. The van der Waals surface area contributed by atoms with Gasteiger partial charge in [-0.15, -0.1) is 0 Å². The third-order valence-corrected chi connectivity index (χ3v) is 4.25. The van der Waals surface area contributed by atoms with Crippen molar-refractivity contribution < 1.29 is 4.74 Å². The van der Waals surface area contributed by atoms with E-state index in [0.29, 0.717) is 0 Å². The van der Waals surface area contributed by atoms with Crippen LogP contribution >= 0.6 is 0 Å². The summed E-state index contributed by atoms with van der Waals surface area (Å²) in [6.07, 6.45) is 6.89. The zero-order valence-electron chi connectivity index (χ0n) is 12.9. The minimum atomic E-state index is 0.257. The molecule has 1 aliphatic heterocycles. The van der Waals surface area contributed by atoms with E-state index in [2.05, 4.69) is 38.2 Å². The van der Waals surface area contributed by atoms with Crippen LogP contribution < -0.4 is 4.74 Å². The van der Waals surface area contributed by atoms with Gasteiger partial charge in [0.15, 0.2) is 5.82 Å². The molecule has 0 saturated carbocycles. The fourth-order valence-electron chi connectivity index (χ4n) is 2.97. The number of aryl methyl sites for hydroxylation is 1. The lowest BCUT2D eigenvalue weighted by Crippen LogP contribution is -2.05. The average Bonchev–Trinajstić information content (AvgIpc) is 3.17. The molecule has 1 aliphatic rings. The SMILES string of the molecule is Cc1ncc(-c2nccn2-c2ccc3c(c2)CC(C)O3)n1C. The zero-order chi connectivity index (χ0) is 15.3. The monoisotopic (exact) mass is 294 g/mol. The number of benzene rings is 1. The first-order valence-electron chi connectivity index (χ1n) is 7.45. The Kier molecular flexibility index (Phi) is 2.82. The number of imidazole rings is 2. The summed E-state index contributed by atoms with van der Waals surface area (Å²) in [6, 6.07) is 6.31. The molecule has 0 amide bonds. The summed E-state index contributed by atoms with van der Waals surface area (Å²) >= 11 is 0. The van der Waals surface area contributed by atoms with Gasteiger partial charge in [-0.05, 0) is 37.6 Å². The second-order valence-electron chi connectivity index (χ2n) is 5.80. The Labute approximate surface area is 129 Å². The van der Waals surface area contributed by atoms with Gasteiger partial charge in [0, 0.05) is 31.5 Å². The van der Waals surface area contributed by atoms with E-state index < -0.39 is 0 Å². The van der Waals surface area contributed by atoms with E-state index in [1.165, 1.54) is 5.56 Å². The van der Waals surface area contributed by atoms with E-state index in [1.54, 1.807) is 0 Å². The molecule has 112 valence electrons. The molecule has 5 nitrogen and oxygen atoms in total. The van der Waals surface area contributed by atoms with Crippen molar-refractivity contribution in [3.63, 3.8) is 0 Å². The van der Waals surface area contributed by atoms with Gasteiger partial charge in [0.1, 0.15) is 23.4 Å². The quantitative estimate of drug-likeness (QED) is 0.730. The predicted octanol–water partition coefficient (Wildman–Crippen LogP) is 2.90. The van der Waals surface area contributed by atoms with E-state index in [-0.39, 0.29) is 6.10 Å². The molecular formula is C17H18N4O. The average molecular weight is 294 g/mol. The second-order valence-corrected chi connectivity index (χ2v) is 5.80. The third-order valence-electron chi connectivity index (χ3n) is 4.25. The van der Waals surface area contributed by atoms with Crippen molar-refractivity contribution in [2.45, 2.75) is 26.4 Å². The molecule has 22 heavy (non-hydrogen) atoms. The molecular weight excluding hydrogens is 276 g/mol. The highest BCUT2D eigenvalue weighted by Gasteiger charge is 2.20. The van der Waals surface area contributed by atoms with Gasteiger partial charge >= 0.3 is 0 Å². The first-order valence-corrected chi connectivity index (χ1v) is 7.45. The van der Waals surface area contributed by atoms with E-state index in [1.807, 2.05) is 38.6 Å². The number of hydrogen-bond acceptors (Lipinski definition) is 3. The number of rotatable bonds is 2. The van der Waals surface area contributed by atoms with Crippen LogP contribution in [0, 0.1) is 6.92 Å². The van der Waals surface area contributed by atoms with Gasteiger partial charge in [-0.25, -0.2) is 9.97 Å². The number of hydrogen-bond donors (Lipinski definition) is 0. The van der Waals surface area contributed by atoms with Gasteiger partial charge in [-0.1, -0.05) is 0 Å². The Morgan fingerprint density at radius 2 is 2.14 bits per heavy atom. The Morgan fingerprint density at radius 3 is 2.91 bits per heavy atom. The van der Waals surface area contributed by atoms with E-state index in [4.69, 9.17) is 4.74 Å². The normalized spacial score (nSPS) is 16.6. The zero-order valence-corrected chi connectivity index (χ0v) is 12.9. The summed E-state index contributed by atoms with van der Waals surface area (Å²) in [5, 5.41) is 0. The van der Waals surface area contributed by atoms with Crippen LogP contribution in [0.3, 0.4) is 0 Å². The number of nitrogens with zero attached hydrogens (tertiary/aromatic N) is 4. The van der Waals surface area contributed by atoms with Crippen molar-refractivity contribution in [1.29, 1.82) is 0 Å². The summed E-state index contributed by atoms with van der Waals surface area (Å²) in [6.45, 7) is 4.09. The number of ether oxygens (including phenoxy) is 1. The van der Waals surface area contributed by atoms with Gasteiger partial charge in [-0.2, -0.15) is 0 Å². The van der Waals surface area contributed by atoms with E-state index in [9.17, 15) is 0 Å². The van der Waals surface area contributed by atoms with Crippen molar-refractivity contribution >= 4 is 0 Å². The van der Waals surface area contributed by atoms with E-state index in [0.717, 1.165) is 35.2 Å². The first kappa shape index (κ1) is 13.1. The molecule has 3 aromatic rings. The summed E-state index contributed by atoms with van der Waals surface area (Å²) < 4.78 is 9.93. The molecule has 0 fully saturated rings. The van der Waals surface area contributed by atoms with Crippen molar-refractivity contribution in [1.82, 2.24) is 19.1 Å². The van der Waals surface area contributed by atoms with Gasteiger partial charge in [0.05, 0.1) is 6.20 Å². The van der Waals surface area contributed by atoms with Crippen molar-refractivity contribution in [2.24, 2.45) is 7.05 Å². The highest BCUT2D eigenvalue weighted by Crippen LogP contribution is 2.31. The molecule has 1 unspecified atom stereocenters. The summed E-state index contributed by atoms with van der Waals surface area (Å²) in [7, 11) is 2.01. The largest absolute Gasteiger partial charge is 0.490 e. The molecule has 1 aromatic carbocycles. The summed E-state index contributed by atoms with van der Waals surface area (Å²) in [5.41, 5.74) is 3.36. The molecule has 2 aromatic heterocycles. The van der Waals surface area contributed by atoms with Crippen LogP contribution in [0.1, 0.15) is 18.3 Å². The van der Waals surface area contributed by atoms with Crippen LogP contribution in [-0.4, -0.2) is 25.2 Å². The topological polar surface area (TPSA) is 44.9 Å². The number of fused-ring (bicyclic) bond motifs is 1. The van der Waals surface area contributed by atoms with Crippen molar-refractivity contribution in [2.75, 3.05) is 0 Å². The lowest BCUT2D eigenvalue weighted by Gasteiger charge is -2.10. The van der Waals surface area contributed by atoms with Crippen LogP contribution in [0.5, 0.6) is 5.75 Å². The molecule has 5 heteroatoms. The van der Waals surface area contributed by atoms with Gasteiger partial charge in [0.25, 0.3) is 0 Å². The number of aromatic nitrogens is 4. The van der Waals surface area contributed by atoms with Crippen molar-refractivity contribution in [3.8, 4) is 23.0 Å². The first-order chi connectivity index (χ1) is 10.6. The second kappa shape index (κ2) is 4.73. The lowest BCUT2D eigenvalue weighted by molar-refractivity contribution is 0.254. The van der Waals surface area contributed by atoms with Crippen LogP contribution in [-0.2, 0) is 13.5 Å². The molecule has 1 atom stereocenters. The third kappa shape index (κ3) is 1.93. The smallest absolute Gasteiger partial charge is 0.162 e. The fraction of sp³-hybridized carbons (Fsp3) is 0.294. The standard InChI is InChI=1S/C17H18N4O/c1-11-8-13-9-14(4-5-16(13)22-11)21-7-6-18-17(21)15-10-19-12(2)20(15)3/h4-7,9-11H,8H2,1-3H3. The van der Waals surface area contributed by atoms with Gasteiger partial charge < -0.3 is 9.30 Å². The maximum atomic E-state index is 5.78. The Morgan fingerprint density at radius 1 is 1.27 bits per heavy atom. The molecule has 0 bridgehead atoms. The van der Waals surface area contributed by atoms with E-state index >= 15 is 0 Å². The lowest BCUT2D eigenvalue weighted by atomic mass is 10.1. The fourth-order valence-corrected chi connectivity index (χ4v) is 2.97. The Balaban J connectivity index is 1.81. The van der Waals surface area contributed by atoms with Crippen LogP contribution in [0.25, 0.3) is 17.2 Å². The molecule has 4 rings (SSSR count). The highest BCUT2D eigenvalue weighted by molar-refractivity contribution is 5.56. The molecule has 3 heterocycles. The minimum absolute atomic E-state index is 0.257. The van der Waals surface area contributed by atoms with Crippen LogP contribution in [0.4, 0.5) is 0 Å². The maximum absolute atomic E-state index is 5.78. The van der Waals surface area contributed by atoms with Crippen LogP contribution in [0.2, 0.25) is 0 Å². The summed E-state index contributed by atoms with van der Waals surface area (Å²) in [5.74, 6) is 2.87. The molecule has 0 radical (unpaired) electrons. The Hall–Kier alpha value is -2.56. The van der Waals surface area contributed by atoms with Gasteiger partial charge in [0.2, 0.25) is 0 Å². The minimum Gasteiger partial charge on any atom is -0.490 e. The molecule has 0 N–H and O–H groups in total. The Bertz CT molecular complexity index is 846.